The summed E-state index contributed by atoms with van der Waals surface area (Å²) in [5.74, 6) is 0.835. The molecule has 0 aliphatic heterocycles. The number of hydrogen-bond acceptors (Lipinski definition) is 1. The van der Waals surface area contributed by atoms with Crippen LogP contribution in [0.5, 0.6) is 0 Å². The monoisotopic (exact) mass is 279 g/mol. The number of nitrogens with one attached hydrogen (secondary N) is 2. The van der Waals surface area contributed by atoms with Crippen LogP contribution in [0.4, 0.5) is 0 Å². The first-order valence-electron chi connectivity index (χ1n) is 6.64. The van der Waals surface area contributed by atoms with E-state index in [1.165, 1.54) is 5.56 Å². The molecule has 19 heavy (non-hydrogen) atoms. The molecule has 1 aromatic rings. The van der Waals surface area contributed by atoms with E-state index < -0.39 is 0 Å². The van der Waals surface area contributed by atoms with Gasteiger partial charge in [-0.1, -0.05) is 35.9 Å². The Kier molecular flexibility index (Phi) is 7.75. The molecular weight excluding hydrogens is 258 g/mol. The molecule has 0 unspecified atom stereocenters. The Labute approximate surface area is 120 Å². The van der Waals surface area contributed by atoms with E-state index in [4.69, 9.17) is 11.6 Å². The Morgan fingerprint density at radius 3 is 2.84 bits per heavy atom. The topological polar surface area (TPSA) is 36.4 Å². The van der Waals surface area contributed by atoms with E-state index in [0.29, 0.717) is 0 Å². The summed E-state index contributed by atoms with van der Waals surface area (Å²) < 4.78 is 0. The summed E-state index contributed by atoms with van der Waals surface area (Å²) in [6.07, 6.45) is 3.75. The third-order valence-electron chi connectivity index (χ3n) is 2.59. The van der Waals surface area contributed by atoms with Crippen molar-refractivity contribution in [1.82, 2.24) is 10.6 Å². The van der Waals surface area contributed by atoms with E-state index in [2.05, 4.69) is 35.2 Å². The van der Waals surface area contributed by atoms with Crippen LogP contribution in [0.25, 0.3) is 0 Å². The highest BCUT2D eigenvalue weighted by Crippen LogP contribution is 2.16. The van der Waals surface area contributed by atoms with E-state index in [0.717, 1.165) is 43.5 Å². The van der Waals surface area contributed by atoms with Crippen LogP contribution in [0.2, 0.25) is 5.02 Å². The highest BCUT2D eigenvalue weighted by atomic mass is 35.5. The van der Waals surface area contributed by atoms with Gasteiger partial charge in [-0.3, -0.25) is 4.99 Å². The van der Waals surface area contributed by atoms with Crippen molar-refractivity contribution in [2.75, 3.05) is 19.6 Å². The van der Waals surface area contributed by atoms with Crippen LogP contribution in [0, 0.1) is 0 Å². The largest absolute Gasteiger partial charge is 0.357 e. The first-order valence-corrected chi connectivity index (χ1v) is 7.02. The predicted molar refractivity (Wildman–Crippen MR) is 84.0 cm³/mol. The molecule has 1 rings (SSSR count). The molecule has 0 spiro atoms. The number of halogens is 1. The minimum absolute atomic E-state index is 0.719. The molecule has 4 heteroatoms. The average Bonchev–Trinajstić information content (AvgIpc) is 2.42. The van der Waals surface area contributed by atoms with Crippen molar-refractivity contribution in [1.29, 1.82) is 0 Å². The lowest BCUT2D eigenvalue weighted by Gasteiger charge is -2.09. The number of aryl methyl sites for hydroxylation is 1. The van der Waals surface area contributed by atoms with E-state index >= 15 is 0 Å². The van der Waals surface area contributed by atoms with Crippen molar-refractivity contribution in [3.05, 3.63) is 47.5 Å². The Bertz CT molecular complexity index is 416. The van der Waals surface area contributed by atoms with Crippen LogP contribution in [0.15, 0.2) is 41.9 Å². The van der Waals surface area contributed by atoms with E-state index in [1.54, 1.807) is 0 Å². The zero-order valence-electron chi connectivity index (χ0n) is 11.5. The van der Waals surface area contributed by atoms with Gasteiger partial charge in [0.15, 0.2) is 5.96 Å². The second-order valence-corrected chi connectivity index (χ2v) is 4.53. The van der Waals surface area contributed by atoms with Gasteiger partial charge in [0, 0.05) is 24.7 Å². The maximum absolute atomic E-state index is 6.11. The molecule has 0 radical (unpaired) electrons. The second kappa shape index (κ2) is 9.45. The smallest absolute Gasteiger partial charge is 0.191 e. The van der Waals surface area contributed by atoms with Gasteiger partial charge in [-0.05, 0) is 31.4 Å². The van der Waals surface area contributed by atoms with Gasteiger partial charge in [0.2, 0.25) is 0 Å². The summed E-state index contributed by atoms with van der Waals surface area (Å²) in [4.78, 5) is 4.50. The van der Waals surface area contributed by atoms with Gasteiger partial charge in [0.25, 0.3) is 0 Å². The quantitative estimate of drug-likeness (QED) is 0.348. The van der Waals surface area contributed by atoms with Gasteiger partial charge in [0.05, 0.1) is 0 Å². The van der Waals surface area contributed by atoms with Crippen molar-refractivity contribution in [3.63, 3.8) is 0 Å². The Morgan fingerprint density at radius 1 is 1.37 bits per heavy atom. The number of aliphatic imine (C=N–C) groups is 1. The minimum atomic E-state index is 0.719. The molecular formula is C15H22ClN3. The van der Waals surface area contributed by atoms with Crippen LogP contribution < -0.4 is 10.6 Å². The lowest BCUT2D eigenvalue weighted by Crippen LogP contribution is -2.37. The standard InChI is InChI=1S/C15H22ClN3/c1-3-11-18-15(17-4-2)19-12-7-9-13-8-5-6-10-14(13)16/h3,5-6,8,10H,1,4,7,9,11-12H2,2H3,(H2,17,18,19). The van der Waals surface area contributed by atoms with E-state index in [9.17, 15) is 0 Å². The molecule has 1 aromatic carbocycles. The van der Waals surface area contributed by atoms with E-state index in [-0.39, 0.29) is 0 Å². The van der Waals surface area contributed by atoms with Crippen molar-refractivity contribution in [3.8, 4) is 0 Å². The number of guanidine groups is 1. The highest BCUT2D eigenvalue weighted by Gasteiger charge is 1.99. The third kappa shape index (κ3) is 6.30. The predicted octanol–water partition coefficient (Wildman–Crippen LogP) is 3.01. The summed E-state index contributed by atoms with van der Waals surface area (Å²) in [6.45, 7) is 8.08. The van der Waals surface area contributed by atoms with Gasteiger partial charge in [-0.2, -0.15) is 0 Å². The Hall–Kier alpha value is -1.48. The zero-order chi connectivity index (χ0) is 13.9. The molecule has 0 aliphatic carbocycles. The summed E-state index contributed by atoms with van der Waals surface area (Å²) in [5.41, 5.74) is 1.18. The van der Waals surface area contributed by atoms with Crippen molar-refractivity contribution >= 4 is 17.6 Å². The number of benzene rings is 1. The fourth-order valence-electron chi connectivity index (χ4n) is 1.67. The molecule has 104 valence electrons. The summed E-state index contributed by atoms with van der Waals surface area (Å²) >= 11 is 6.11. The van der Waals surface area contributed by atoms with Crippen LogP contribution >= 0.6 is 11.6 Å². The lowest BCUT2D eigenvalue weighted by atomic mass is 10.1. The summed E-state index contributed by atoms with van der Waals surface area (Å²) in [6, 6.07) is 7.95. The van der Waals surface area contributed by atoms with Crippen molar-refractivity contribution < 1.29 is 0 Å². The van der Waals surface area contributed by atoms with Gasteiger partial charge < -0.3 is 10.6 Å². The molecule has 3 nitrogen and oxygen atoms in total. The first kappa shape index (κ1) is 15.6. The normalized spacial score (nSPS) is 11.2. The molecule has 0 amide bonds. The van der Waals surface area contributed by atoms with Gasteiger partial charge in [0.1, 0.15) is 0 Å². The highest BCUT2D eigenvalue weighted by molar-refractivity contribution is 6.31. The molecule has 0 aromatic heterocycles. The average molecular weight is 280 g/mol. The number of rotatable bonds is 7. The van der Waals surface area contributed by atoms with E-state index in [1.807, 2.05) is 24.3 Å². The fourth-order valence-corrected chi connectivity index (χ4v) is 1.90. The van der Waals surface area contributed by atoms with Crippen LogP contribution in [0.1, 0.15) is 18.9 Å². The maximum Gasteiger partial charge on any atom is 0.191 e. The second-order valence-electron chi connectivity index (χ2n) is 4.13. The van der Waals surface area contributed by atoms with Crippen LogP contribution in [-0.2, 0) is 6.42 Å². The van der Waals surface area contributed by atoms with Gasteiger partial charge in [-0.25, -0.2) is 0 Å². The molecule has 0 heterocycles. The molecule has 0 aliphatic rings. The summed E-state index contributed by atoms with van der Waals surface area (Å²) in [5, 5.41) is 7.20. The number of hydrogen-bond donors (Lipinski definition) is 2. The summed E-state index contributed by atoms with van der Waals surface area (Å²) in [7, 11) is 0. The first-order chi connectivity index (χ1) is 9.27. The van der Waals surface area contributed by atoms with Crippen LogP contribution in [0.3, 0.4) is 0 Å². The minimum Gasteiger partial charge on any atom is -0.357 e. The van der Waals surface area contributed by atoms with Gasteiger partial charge in [-0.15, -0.1) is 6.58 Å². The SMILES string of the molecule is C=CCNC(=NCCCc1ccccc1Cl)NCC. The maximum atomic E-state index is 6.11. The molecule has 2 N–H and O–H groups in total. The number of nitrogens with zero attached hydrogens (tertiary/aromatic N) is 1. The van der Waals surface area contributed by atoms with Gasteiger partial charge >= 0.3 is 0 Å². The third-order valence-corrected chi connectivity index (χ3v) is 2.96. The molecule has 0 saturated heterocycles. The zero-order valence-corrected chi connectivity index (χ0v) is 12.2. The van der Waals surface area contributed by atoms with Crippen molar-refractivity contribution in [2.24, 2.45) is 4.99 Å². The Balaban J connectivity index is 2.38. The molecule has 0 bridgehead atoms. The Morgan fingerprint density at radius 2 is 2.16 bits per heavy atom. The molecule has 0 atom stereocenters. The lowest BCUT2D eigenvalue weighted by molar-refractivity contribution is 0.802. The fraction of sp³-hybridized carbons (Fsp3) is 0.400. The molecule has 0 fully saturated rings. The van der Waals surface area contributed by atoms with Crippen molar-refractivity contribution in [2.45, 2.75) is 19.8 Å². The molecule has 0 saturated carbocycles. The van der Waals surface area contributed by atoms with Crippen LogP contribution in [-0.4, -0.2) is 25.6 Å².